The molecular formula is C11H12F2O2S. The Balaban J connectivity index is 3.00. The molecule has 0 atom stereocenters. The minimum atomic E-state index is -2.87. The first kappa shape index (κ1) is 13.0. The molecule has 5 heteroatoms. The molecule has 0 saturated carbocycles. The van der Waals surface area contributed by atoms with Crippen molar-refractivity contribution in [1.29, 1.82) is 0 Å². The van der Waals surface area contributed by atoms with Crippen molar-refractivity contribution in [2.24, 2.45) is 0 Å². The SMILES string of the molecule is CSc1ccc(CC(C)=O)c(OC(F)F)c1. The van der Waals surface area contributed by atoms with Gasteiger partial charge in [0.2, 0.25) is 0 Å². The number of ether oxygens (including phenoxy) is 1. The molecule has 88 valence electrons. The number of hydrogen-bond acceptors (Lipinski definition) is 3. The van der Waals surface area contributed by atoms with E-state index in [4.69, 9.17) is 0 Å². The van der Waals surface area contributed by atoms with E-state index < -0.39 is 6.61 Å². The summed E-state index contributed by atoms with van der Waals surface area (Å²) >= 11 is 1.43. The topological polar surface area (TPSA) is 26.3 Å². The molecule has 0 saturated heterocycles. The number of carbonyl (C=O) groups excluding carboxylic acids is 1. The van der Waals surface area contributed by atoms with Crippen LogP contribution in [0.5, 0.6) is 5.75 Å². The lowest BCUT2D eigenvalue weighted by Gasteiger charge is -2.10. The van der Waals surface area contributed by atoms with Gasteiger partial charge in [-0.25, -0.2) is 0 Å². The molecule has 1 aromatic rings. The molecule has 0 radical (unpaired) electrons. The van der Waals surface area contributed by atoms with E-state index >= 15 is 0 Å². The number of carbonyl (C=O) groups is 1. The Hall–Kier alpha value is -1.10. The molecule has 1 aromatic carbocycles. The van der Waals surface area contributed by atoms with Gasteiger partial charge >= 0.3 is 6.61 Å². The largest absolute Gasteiger partial charge is 0.434 e. The summed E-state index contributed by atoms with van der Waals surface area (Å²) in [7, 11) is 0. The van der Waals surface area contributed by atoms with Crippen LogP contribution in [0.3, 0.4) is 0 Å². The smallest absolute Gasteiger partial charge is 0.387 e. The zero-order chi connectivity index (χ0) is 12.1. The molecule has 0 bridgehead atoms. The second kappa shape index (κ2) is 5.84. The van der Waals surface area contributed by atoms with E-state index in [2.05, 4.69) is 4.74 Å². The number of halogens is 2. The van der Waals surface area contributed by atoms with Gasteiger partial charge in [0.1, 0.15) is 11.5 Å². The summed E-state index contributed by atoms with van der Waals surface area (Å²) in [5, 5.41) is 0. The summed E-state index contributed by atoms with van der Waals surface area (Å²) < 4.78 is 28.7. The van der Waals surface area contributed by atoms with Gasteiger partial charge in [-0.15, -0.1) is 11.8 Å². The third kappa shape index (κ3) is 3.81. The Kier molecular flexibility index (Phi) is 4.73. The van der Waals surface area contributed by atoms with Crippen molar-refractivity contribution < 1.29 is 18.3 Å². The van der Waals surface area contributed by atoms with Gasteiger partial charge in [-0.2, -0.15) is 8.78 Å². The van der Waals surface area contributed by atoms with E-state index in [1.807, 2.05) is 6.26 Å². The monoisotopic (exact) mass is 246 g/mol. The van der Waals surface area contributed by atoms with Crippen molar-refractivity contribution in [3.63, 3.8) is 0 Å². The van der Waals surface area contributed by atoms with Gasteiger partial charge in [-0.3, -0.25) is 4.79 Å². The van der Waals surface area contributed by atoms with Crippen LogP contribution in [0.15, 0.2) is 23.1 Å². The van der Waals surface area contributed by atoms with Crippen molar-refractivity contribution in [2.45, 2.75) is 24.9 Å². The van der Waals surface area contributed by atoms with Crippen molar-refractivity contribution >= 4 is 17.5 Å². The first-order valence-corrected chi connectivity index (χ1v) is 5.86. The van der Waals surface area contributed by atoms with Gasteiger partial charge in [0.25, 0.3) is 0 Å². The summed E-state index contributed by atoms with van der Waals surface area (Å²) in [5.74, 6) is -0.00642. The lowest BCUT2D eigenvalue weighted by molar-refractivity contribution is -0.116. The molecule has 0 aliphatic rings. The van der Waals surface area contributed by atoms with Gasteiger partial charge in [-0.05, 0) is 25.3 Å². The normalized spacial score (nSPS) is 10.6. The summed E-state index contributed by atoms with van der Waals surface area (Å²) in [6.45, 7) is -1.46. The quantitative estimate of drug-likeness (QED) is 0.746. The maximum absolute atomic E-state index is 12.2. The van der Waals surface area contributed by atoms with Crippen molar-refractivity contribution in [3.8, 4) is 5.75 Å². The van der Waals surface area contributed by atoms with Gasteiger partial charge in [0.15, 0.2) is 0 Å². The fourth-order valence-electron chi connectivity index (χ4n) is 1.28. The molecule has 0 heterocycles. The predicted molar refractivity (Wildman–Crippen MR) is 59.2 cm³/mol. The van der Waals surface area contributed by atoms with E-state index in [-0.39, 0.29) is 18.0 Å². The average molecular weight is 246 g/mol. The second-order valence-electron chi connectivity index (χ2n) is 3.23. The Morgan fingerprint density at radius 3 is 2.69 bits per heavy atom. The highest BCUT2D eigenvalue weighted by Gasteiger charge is 2.11. The highest BCUT2D eigenvalue weighted by Crippen LogP contribution is 2.27. The van der Waals surface area contributed by atoms with Crippen LogP contribution in [0.4, 0.5) is 8.78 Å². The van der Waals surface area contributed by atoms with Crippen LogP contribution in [0.2, 0.25) is 0 Å². The molecule has 0 aliphatic heterocycles. The van der Waals surface area contributed by atoms with E-state index in [0.717, 1.165) is 4.90 Å². The van der Waals surface area contributed by atoms with Crippen molar-refractivity contribution in [1.82, 2.24) is 0 Å². The van der Waals surface area contributed by atoms with Crippen LogP contribution in [0, 0.1) is 0 Å². The molecular weight excluding hydrogens is 234 g/mol. The Morgan fingerprint density at radius 1 is 1.50 bits per heavy atom. The summed E-state index contributed by atoms with van der Waals surface area (Å²) in [5.41, 5.74) is 0.491. The maximum atomic E-state index is 12.2. The fourth-order valence-corrected chi connectivity index (χ4v) is 1.71. The van der Waals surface area contributed by atoms with Gasteiger partial charge in [-0.1, -0.05) is 6.07 Å². The van der Waals surface area contributed by atoms with Crippen molar-refractivity contribution in [3.05, 3.63) is 23.8 Å². The number of ketones is 1. The zero-order valence-corrected chi connectivity index (χ0v) is 9.81. The van der Waals surface area contributed by atoms with Crippen LogP contribution >= 0.6 is 11.8 Å². The van der Waals surface area contributed by atoms with Crippen LogP contribution < -0.4 is 4.74 Å². The number of benzene rings is 1. The molecule has 0 spiro atoms. The summed E-state index contributed by atoms with van der Waals surface area (Å²) in [4.78, 5) is 11.8. The number of rotatable bonds is 5. The Labute approximate surface area is 97.0 Å². The molecule has 2 nitrogen and oxygen atoms in total. The molecule has 0 unspecified atom stereocenters. The first-order chi connectivity index (χ1) is 7.52. The van der Waals surface area contributed by atoms with Crippen LogP contribution in [-0.4, -0.2) is 18.7 Å². The number of hydrogen-bond donors (Lipinski definition) is 0. The summed E-state index contributed by atoms with van der Waals surface area (Å²) in [6.07, 6.45) is 1.95. The molecule has 0 aromatic heterocycles. The number of Topliss-reactive ketones (excluding diaryl/α,β-unsaturated/α-hetero) is 1. The third-order valence-electron chi connectivity index (χ3n) is 1.93. The molecule has 0 amide bonds. The van der Waals surface area contributed by atoms with E-state index in [0.29, 0.717) is 5.56 Å². The summed E-state index contributed by atoms with van der Waals surface area (Å²) in [6, 6.07) is 4.95. The maximum Gasteiger partial charge on any atom is 0.387 e. The Morgan fingerprint density at radius 2 is 2.19 bits per heavy atom. The lowest BCUT2D eigenvalue weighted by atomic mass is 10.1. The minimum absolute atomic E-state index is 0.0806. The number of thioether (sulfide) groups is 1. The number of alkyl halides is 2. The molecule has 0 aliphatic carbocycles. The van der Waals surface area contributed by atoms with Gasteiger partial charge in [0, 0.05) is 16.9 Å². The predicted octanol–water partition coefficient (Wildman–Crippen LogP) is 3.14. The first-order valence-electron chi connectivity index (χ1n) is 4.64. The second-order valence-corrected chi connectivity index (χ2v) is 4.11. The van der Waals surface area contributed by atoms with Gasteiger partial charge < -0.3 is 4.74 Å². The van der Waals surface area contributed by atoms with E-state index in [1.54, 1.807) is 12.1 Å². The van der Waals surface area contributed by atoms with Crippen molar-refractivity contribution in [2.75, 3.05) is 6.26 Å². The van der Waals surface area contributed by atoms with E-state index in [1.165, 1.54) is 24.8 Å². The highest BCUT2D eigenvalue weighted by molar-refractivity contribution is 7.98. The standard InChI is InChI=1S/C11H12F2O2S/c1-7(14)5-8-3-4-9(16-2)6-10(8)15-11(12)13/h3-4,6,11H,5H2,1-2H3. The van der Waals surface area contributed by atoms with Crippen LogP contribution in [0.1, 0.15) is 12.5 Å². The molecule has 16 heavy (non-hydrogen) atoms. The highest BCUT2D eigenvalue weighted by atomic mass is 32.2. The average Bonchev–Trinajstić information content (AvgIpc) is 2.19. The molecule has 1 rings (SSSR count). The third-order valence-corrected chi connectivity index (χ3v) is 2.66. The minimum Gasteiger partial charge on any atom is -0.434 e. The van der Waals surface area contributed by atoms with Crippen LogP contribution in [-0.2, 0) is 11.2 Å². The Bertz CT molecular complexity index is 380. The molecule has 0 N–H and O–H groups in total. The van der Waals surface area contributed by atoms with E-state index in [9.17, 15) is 13.6 Å². The molecule has 0 fully saturated rings. The lowest BCUT2D eigenvalue weighted by Crippen LogP contribution is -2.06. The van der Waals surface area contributed by atoms with Gasteiger partial charge in [0.05, 0.1) is 0 Å². The van der Waals surface area contributed by atoms with Crippen LogP contribution in [0.25, 0.3) is 0 Å². The zero-order valence-electron chi connectivity index (χ0n) is 9.00. The fraction of sp³-hybridized carbons (Fsp3) is 0.364.